The van der Waals surface area contributed by atoms with Crippen LogP contribution in [0.1, 0.15) is 31.1 Å². The molecule has 15 heavy (non-hydrogen) atoms. The molecule has 0 radical (unpaired) electrons. The fourth-order valence-electron chi connectivity index (χ4n) is 2.15. The van der Waals surface area contributed by atoms with Crippen molar-refractivity contribution in [3.63, 3.8) is 0 Å². The standard InChI is InChI=1S/C13H17NO/c1-4-14-8-11(10(3)15)13-9(2)6-5-7-12(13)14/h5-8,10,15H,4H2,1-3H3. The smallest absolute Gasteiger partial charge is 0.0782 e. The summed E-state index contributed by atoms with van der Waals surface area (Å²) < 4.78 is 2.18. The van der Waals surface area contributed by atoms with Gasteiger partial charge < -0.3 is 9.67 Å². The van der Waals surface area contributed by atoms with Crippen molar-refractivity contribution in [1.29, 1.82) is 0 Å². The molecular formula is C13H17NO. The second-order valence-corrected chi connectivity index (χ2v) is 4.02. The van der Waals surface area contributed by atoms with Crippen LogP contribution in [0.25, 0.3) is 10.9 Å². The van der Waals surface area contributed by atoms with E-state index in [0.29, 0.717) is 0 Å². The molecule has 2 aromatic rings. The van der Waals surface area contributed by atoms with Crippen LogP contribution in [0.5, 0.6) is 0 Å². The predicted molar refractivity (Wildman–Crippen MR) is 63.0 cm³/mol. The zero-order chi connectivity index (χ0) is 11.0. The van der Waals surface area contributed by atoms with Gasteiger partial charge in [0.25, 0.3) is 0 Å². The zero-order valence-electron chi connectivity index (χ0n) is 9.49. The molecule has 1 N–H and O–H groups in total. The van der Waals surface area contributed by atoms with Crippen molar-refractivity contribution in [1.82, 2.24) is 4.57 Å². The lowest BCUT2D eigenvalue weighted by Crippen LogP contribution is -1.91. The number of aryl methyl sites for hydroxylation is 2. The Bertz CT molecular complexity index is 482. The largest absolute Gasteiger partial charge is 0.389 e. The fourth-order valence-corrected chi connectivity index (χ4v) is 2.15. The maximum atomic E-state index is 9.74. The molecule has 2 rings (SSSR count). The van der Waals surface area contributed by atoms with Crippen molar-refractivity contribution in [2.45, 2.75) is 33.4 Å². The molecule has 0 bridgehead atoms. The predicted octanol–water partition coefficient (Wildman–Crippen LogP) is 3.02. The van der Waals surface area contributed by atoms with Gasteiger partial charge >= 0.3 is 0 Å². The van der Waals surface area contributed by atoms with Crippen LogP contribution in [0.3, 0.4) is 0 Å². The van der Waals surface area contributed by atoms with Crippen LogP contribution in [0.4, 0.5) is 0 Å². The van der Waals surface area contributed by atoms with Crippen molar-refractivity contribution in [3.05, 3.63) is 35.5 Å². The maximum Gasteiger partial charge on any atom is 0.0782 e. The van der Waals surface area contributed by atoms with E-state index in [9.17, 15) is 5.11 Å². The highest BCUT2D eigenvalue weighted by atomic mass is 16.3. The lowest BCUT2D eigenvalue weighted by atomic mass is 10.0. The van der Waals surface area contributed by atoms with Crippen LogP contribution in [-0.2, 0) is 6.54 Å². The molecule has 1 heterocycles. The first-order chi connectivity index (χ1) is 7.15. The molecule has 0 aliphatic carbocycles. The molecule has 1 atom stereocenters. The fraction of sp³-hybridized carbons (Fsp3) is 0.385. The molecule has 2 nitrogen and oxygen atoms in total. The summed E-state index contributed by atoms with van der Waals surface area (Å²) in [6, 6.07) is 6.27. The molecule has 2 heteroatoms. The van der Waals surface area contributed by atoms with E-state index in [1.807, 2.05) is 6.92 Å². The topological polar surface area (TPSA) is 25.2 Å². The van der Waals surface area contributed by atoms with Gasteiger partial charge in [0.1, 0.15) is 0 Å². The van der Waals surface area contributed by atoms with Gasteiger partial charge in [0.15, 0.2) is 0 Å². The first kappa shape index (κ1) is 10.2. The summed E-state index contributed by atoms with van der Waals surface area (Å²) in [6.45, 7) is 6.97. The molecule has 1 aromatic heterocycles. The van der Waals surface area contributed by atoms with Gasteiger partial charge in [-0.3, -0.25) is 0 Å². The van der Waals surface area contributed by atoms with Gasteiger partial charge in [-0.25, -0.2) is 0 Å². The van der Waals surface area contributed by atoms with E-state index >= 15 is 0 Å². The number of aromatic nitrogens is 1. The summed E-state index contributed by atoms with van der Waals surface area (Å²) in [5.74, 6) is 0. The van der Waals surface area contributed by atoms with Crippen LogP contribution in [-0.4, -0.2) is 9.67 Å². The van der Waals surface area contributed by atoms with Gasteiger partial charge in [-0.15, -0.1) is 0 Å². The molecule has 0 fully saturated rings. The quantitative estimate of drug-likeness (QED) is 0.797. The van der Waals surface area contributed by atoms with E-state index < -0.39 is 6.10 Å². The summed E-state index contributed by atoms with van der Waals surface area (Å²) in [5.41, 5.74) is 3.48. The molecular weight excluding hydrogens is 186 g/mol. The van der Waals surface area contributed by atoms with Crippen molar-refractivity contribution in [2.75, 3.05) is 0 Å². The molecule has 0 amide bonds. The highest BCUT2D eigenvalue weighted by Gasteiger charge is 2.12. The monoisotopic (exact) mass is 203 g/mol. The minimum atomic E-state index is -0.401. The van der Waals surface area contributed by atoms with E-state index in [0.717, 1.165) is 12.1 Å². The maximum absolute atomic E-state index is 9.74. The van der Waals surface area contributed by atoms with Gasteiger partial charge in [0.05, 0.1) is 6.10 Å². The van der Waals surface area contributed by atoms with Gasteiger partial charge in [-0.05, 0) is 32.4 Å². The third-order valence-electron chi connectivity index (χ3n) is 2.93. The Hall–Kier alpha value is -1.28. The van der Waals surface area contributed by atoms with Crippen LogP contribution >= 0.6 is 0 Å². The number of hydrogen-bond acceptors (Lipinski definition) is 1. The lowest BCUT2D eigenvalue weighted by Gasteiger charge is -2.03. The number of aliphatic hydroxyl groups excluding tert-OH is 1. The first-order valence-corrected chi connectivity index (χ1v) is 5.41. The molecule has 0 saturated heterocycles. The van der Waals surface area contributed by atoms with Gasteiger partial charge in [-0.1, -0.05) is 12.1 Å². The molecule has 0 aliphatic rings. The normalized spacial score (nSPS) is 13.3. The number of nitrogens with zero attached hydrogens (tertiary/aromatic N) is 1. The molecule has 0 aliphatic heterocycles. The Morgan fingerprint density at radius 2 is 2.13 bits per heavy atom. The van der Waals surface area contributed by atoms with E-state index in [2.05, 4.69) is 42.8 Å². The van der Waals surface area contributed by atoms with Crippen LogP contribution in [0.15, 0.2) is 24.4 Å². The number of aliphatic hydroxyl groups is 1. The van der Waals surface area contributed by atoms with Crippen LogP contribution < -0.4 is 0 Å². The second kappa shape index (κ2) is 3.70. The summed E-state index contributed by atoms with van der Waals surface area (Å²) in [4.78, 5) is 0. The SMILES string of the molecule is CCn1cc(C(C)O)c2c(C)cccc21. The Kier molecular flexibility index (Phi) is 2.53. The summed E-state index contributed by atoms with van der Waals surface area (Å²) >= 11 is 0. The number of hydrogen-bond donors (Lipinski definition) is 1. The summed E-state index contributed by atoms with van der Waals surface area (Å²) in [6.07, 6.45) is 1.66. The van der Waals surface area contributed by atoms with E-state index in [-0.39, 0.29) is 0 Å². The number of rotatable bonds is 2. The van der Waals surface area contributed by atoms with Gasteiger partial charge in [0, 0.05) is 29.2 Å². The Morgan fingerprint density at radius 3 is 2.73 bits per heavy atom. The first-order valence-electron chi connectivity index (χ1n) is 5.41. The van der Waals surface area contributed by atoms with Crippen molar-refractivity contribution >= 4 is 10.9 Å². The summed E-state index contributed by atoms with van der Waals surface area (Å²) in [7, 11) is 0. The van der Waals surface area contributed by atoms with Crippen LogP contribution in [0, 0.1) is 6.92 Å². The second-order valence-electron chi connectivity index (χ2n) is 4.02. The molecule has 0 saturated carbocycles. The van der Waals surface area contributed by atoms with Gasteiger partial charge in [-0.2, -0.15) is 0 Å². The molecule has 80 valence electrons. The van der Waals surface area contributed by atoms with Crippen molar-refractivity contribution in [3.8, 4) is 0 Å². The average Bonchev–Trinajstić information content (AvgIpc) is 2.58. The third-order valence-corrected chi connectivity index (χ3v) is 2.93. The average molecular weight is 203 g/mol. The van der Waals surface area contributed by atoms with Crippen molar-refractivity contribution < 1.29 is 5.11 Å². The minimum absolute atomic E-state index is 0.401. The van der Waals surface area contributed by atoms with E-state index in [1.54, 1.807) is 0 Å². The Morgan fingerprint density at radius 1 is 1.40 bits per heavy atom. The molecule has 1 unspecified atom stereocenters. The number of benzene rings is 1. The number of fused-ring (bicyclic) bond motifs is 1. The highest BCUT2D eigenvalue weighted by Crippen LogP contribution is 2.29. The highest BCUT2D eigenvalue weighted by molar-refractivity contribution is 5.87. The molecule has 0 spiro atoms. The minimum Gasteiger partial charge on any atom is -0.389 e. The Labute approximate surface area is 90.2 Å². The summed E-state index contributed by atoms with van der Waals surface area (Å²) in [5, 5.41) is 10.9. The zero-order valence-corrected chi connectivity index (χ0v) is 9.49. The van der Waals surface area contributed by atoms with E-state index in [4.69, 9.17) is 0 Å². The van der Waals surface area contributed by atoms with E-state index in [1.165, 1.54) is 16.5 Å². The van der Waals surface area contributed by atoms with Gasteiger partial charge in [0.2, 0.25) is 0 Å². The molecule has 1 aromatic carbocycles. The third kappa shape index (κ3) is 1.55. The lowest BCUT2D eigenvalue weighted by molar-refractivity contribution is 0.200. The van der Waals surface area contributed by atoms with Crippen molar-refractivity contribution in [2.24, 2.45) is 0 Å². The van der Waals surface area contributed by atoms with Crippen LogP contribution in [0.2, 0.25) is 0 Å². The Balaban J connectivity index is 2.82.